The molecule has 1 aromatic heterocycles. The van der Waals surface area contributed by atoms with Crippen LogP contribution in [0.4, 0.5) is 28.9 Å². The van der Waals surface area contributed by atoms with Crippen LogP contribution in [-0.4, -0.2) is 42.6 Å². The quantitative estimate of drug-likeness (QED) is 0.357. The number of alkyl halides is 3. The first kappa shape index (κ1) is 24.0. The molecule has 34 heavy (non-hydrogen) atoms. The van der Waals surface area contributed by atoms with Crippen LogP contribution in [0.15, 0.2) is 60.8 Å². The van der Waals surface area contributed by atoms with Crippen LogP contribution in [0.3, 0.4) is 0 Å². The lowest BCUT2D eigenvalue weighted by atomic mass is 10.0. The van der Waals surface area contributed by atoms with Gasteiger partial charge in [0.1, 0.15) is 5.82 Å². The molecule has 0 amide bonds. The minimum absolute atomic E-state index is 0.302. The molecule has 0 atom stereocenters. The van der Waals surface area contributed by atoms with Crippen molar-refractivity contribution in [3.05, 3.63) is 77.9 Å². The molecule has 1 aliphatic heterocycles. The minimum Gasteiger partial charge on any atom is -0.397 e. The van der Waals surface area contributed by atoms with Crippen molar-refractivity contribution in [1.82, 2.24) is 9.88 Å². The third kappa shape index (κ3) is 5.86. The summed E-state index contributed by atoms with van der Waals surface area (Å²) in [4.78, 5) is 8.77. The fourth-order valence-corrected chi connectivity index (χ4v) is 4.36. The number of nitrogen functional groups attached to an aromatic ring is 1. The van der Waals surface area contributed by atoms with Gasteiger partial charge in [-0.05, 0) is 67.8 Å². The zero-order valence-electron chi connectivity index (χ0n) is 18.9. The molecular weight excluding hydrogens is 444 g/mol. The van der Waals surface area contributed by atoms with Gasteiger partial charge in [0.25, 0.3) is 0 Å². The Bertz CT molecular complexity index is 1110. The molecule has 2 aromatic carbocycles. The Hall–Kier alpha value is -3.13. The maximum atomic E-state index is 13.6. The number of hydrogen-bond donors (Lipinski definition) is 1. The summed E-state index contributed by atoms with van der Waals surface area (Å²) in [6, 6.07) is 13.7. The molecular formula is C26H28F4N4. The van der Waals surface area contributed by atoms with Crippen molar-refractivity contribution >= 4 is 11.4 Å². The van der Waals surface area contributed by atoms with Gasteiger partial charge in [0.2, 0.25) is 0 Å². The second kappa shape index (κ2) is 10.4. The number of anilines is 2. The second-order valence-corrected chi connectivity index (χ2v) is 8.56. The SMILES string of the molecule is Nc1c(-c2cccc(F)c2)ccnc1CCCCN1CCN(c2cccc(C(F)(F)F)c2)CC1. The van der Waals surface area contributed by atoms with Crippen molar-refractivity contribution in [2.24, 2.45) is 0 Å². The molecule has 2 heterocycles. The minimum atomic E-state index is -4.33. The highest BCUT2D eigenvalue weighted by atomic mass is 19.4. The normalized spacial score (nSPS) is 15.0. The summed E-state index contributed by atoms with van der Waals surface area (Å²) in [5.74, 6) is -0.302. The van der Waals surface area contributed by atoms with Gasteiger partial charge >= 0.3 is 6.18 Å². The maximum Gasteiger partial charge on any atom is 0.416 e. The zero-order chi connectivity index (χ0) is 24.1. The lowest BCUT2D eigenvalue weighted by Gasteiger charge is -2.36. The molecule has 1 saturated heterocycles. The molecule has 4 rings (SSSR count). The number of piperazine rings is 1. The standard InChI is InChI=1S/C26H28F4N4/c27-21-7-3-5-19(17-21)23-10-11-32-24(25(23)31)9-1-2-12-33-13-15-34(16-14-33)22-8-4-6-20(18-22)26(28,29)30/h3-8,10-11,17-18H,1-2,9,12-16,31H2. The van der Waals surface area contributed by atoms with E-state index in [0.29, 0.717) is 24.5 Å². The Morgan fingerprint density at radius 2 is 1.68 bits per heavy atom. The van der Waals surface area contributed by atoms with Gasteiger partial charge in [0, 0.05) is 43.6 Å². The number of pyridine rings is 1. The first-order valence-electron chi connectivity index (χ1n) is 11.4. The highest BCUT2D eigenvalue weighted by Gasteiger charge is 2.31. The number of nitrogens with two attached hydrogens (primary N) is 1. The fraction of sp³-hybridized carbons (Fsp3) is 0.346. The van der Waals surface area contributed by atoms with E-state index in [1.165, 1.54) is 24.3 Å². The van der Waals surface area contributed by atoms with Crippen LogP contribution in [0.2, 0.25) is 0 Å². The number of halogens is 4. The van der Waals surface area contributed by atoms with Crippen molar-refractivity contribution in [2.45, 2.75) is 25.4 Å². The van der Waals surface area contributed by atoms with Crippen molar-refractivity contribution in [2.75, 3.05) is 43.4 Å². The van der Waals surface area contributed by atoms with E-state index in [9.17, 15) is 17.6 Å². The molecule has 0 aliphatic carbocycles. The average molecular weight is 473 g/mol. The van der Waals surface area contributed by atoms with Gasteiger partial charge in [-0.25, -0.2) is 4.39 Å². The molecule has 180 valence electrons. The molecule has 0 bridgehead atoms. The van der Waals surface area contributed by atoms with E-state index < -0.39 is 11.7 Å². The Balaban J connectivity index is 1.25. The van der Waals surface area contributed by atoms with E-state index in [0.717, 1.165) is 61.8 Å². The lowest BCUT2D eigenvalue weighted by molar-refractivity contribution is -0.137. The summed E-state index contributed by atoms with van der Waals surface area (Å²) in [5, 5.41) is 0. The monoisotopic (exact) mass is 472 g/mol. The smallest absolute Gasteiger partial charge is 0.397 e. The van der Waals surface area contributed by atoms with Crippen LogP contribution in [-0.2, 0) is 12.6 Å². The summed E-state index contributed by atoms with van der Waals surface area (Å²) in [6.07, 6.45) is -0.00245. The Labute approximate surface area is 197 Å². The van der Waals surface area contributed by atoms with Gasteiger partial charge in [-0.15, -0.1) is 0 Å². The van der Waals surface area contributed by atoms with Gasteiger partial charge in [0.05, 0.1) is 16.9 Å². The third-order valence-corrected chi connectivity index (χ3v) is 6.26. The molecule has 4 nitrogen and oxygen atoms in total. The predicted molar refractivity (Wildman–Crippen MR) is 127 cm³/mol. The van der Waals surface area contributed by atoms with Crippen LogP contribution >= 0.6 is 0 Å². The van der Waals surface area contributed by atoms with E-state index in [1.54, 1.807) is 24.4 Å². The molecule has 1 fully saturated rings. The van der Waals surface area contributed by atoms with Gasteiger partial charge in [-0.1, -0.05) is 18.2 Å². The number of aromatic nitrogens is 1. The van der Waals surface area contributed by atoms with Crippen LogP contribution in [0.5, 0.6) is 0 Å². The van der Waals surface area contributed by atoms with Crippen molar-refractivity contribution in [3.63, 3.8) is 0 Å². The van der Waals surface area contributed by atoms with Gasteiger partial charge < -0.3 is 10.6 Å². The summed E-state index contributed by atoms with van der Waals surface area (Å²) < 4.78 is 52.6. The first-order chi connectivity index (χ1) is 16.3. The molecule has 8 heteroatoms. The number of nitrogens with zero attached hydrogens (tertiary/aromatic N) is 3. The Morgan fingerprint density at radius 1 is 0.912 bits per heavy atom. The zero-order valence-corrected chi connectivity index (χ0v) is 18.9. The summed E-state index contributed by atoms with van der Waals surface area (Å²) in [6.45, 7) is 3.94. The van der Waals surface area contributed by atoms with E-state index in [-0.39, 0.29) is 5.82 Å². The van der Waals surface area contributed by atoms with Crippen molar-refractivity contribution < 1.29 is 17.6 Å². The second-order valence-electron chi connectivity index (χ2n) is 8.56. The number of benzene rings is 2. The van der Waals surface area contributed by atoms with E-state index in [1.807, 2.05) is 11.0 Å². The van der Waals surface area contributed by atoms with Gasteiger partial charge in [0.15, 0.2) is 0 Å². The molecule has 2 N–H and O–H groups in total. The largest absolute Gasteiger partial charge is 0.416 e. The molecule has 0 unspecified atom stereocenters. The van der Waals surface area contributed by atoms with Gasteiger partial charge in [-0.2, -0.15) is 13.2 Å². The number of aryl methyl sites for hydroxylation is 1. The summed E-state index contributed by atoms with van der Waals surface area (Å²) >= 11 is 0. The van der Waals surface area contributed by atoms with Crippen molar-refractivity contribution in [1.29, 1.82) is 0 Å². The van der Waals surface area contributed by atoms with E-state index in [2.05, 4.69) is 9.88 Å². The van der Waals surface area contributed by atoms with Gasteiger partial charge in [-0.3, -0.25) is 9.88 Å². The fourth-order valence-electron chi connectivity index (χ4n) is 4.36. The number of hydrogen-bond acceptors (Lipinski definition) is 4. The van der Waals surface area contributed by atoms with Crippen LogP contribution < -0.4 is 10.6 Å². The molecule has 3 aromatic rings. The third-order valence-electron chi connectivity index (χ3n) is 6.26. The highest BCUT2D eigenvalue weighted by Crippen LogP contribution is 2.32. The van der Waals surface area contributed by atoms with E-state index >= 15 is 0 Å². The summed E-state index contributed by atoms with van der Waals surface area (Å²) in [7, 11) is 0. The maximum absolute atomic E-state index is 13.6. The predicted octanol–water partition coefficient (Wildman–Crippen LogP) is 5.63. The highest BCUT2D eigenvalue weighted by molar-refractivity contribution is 5.77. The van der Waals surface area contributed by atoms with E-state index in [4.69, 9.17) is 5.73 Å². The van der Waals surface area contributed by atoms with Crippen LogP contribution in [0.1, 0.15) is 24.1 Å². The Kier molecular flexibility index (Phi) is 7.36. The molecule has 0 radical (unpaired) electrons. The van der Waals surface area contributed by atoms with Crippen molar-refractivity contribution in [3.8, 4) is 11.1 Å². The number of unbranched alkanes of at least 4 members (excludes halogenated alkanes) is 1. The topological polar surface area (TPSA) is 45.4 Å². The molecule has 0 saturated carbocycles. The average Bonchev–Trinajstić information content (AvgIpc) is 2.83. The van der Waals surface area contributed by atoms with Crippen LogP contribution in [0.25, 0.3) is 11.1 Å². The summed E-state index contributed by atoms with van der Waals surface area (Å²) in [5.41, 5.74) is 9.26. The van der Waals surface area contributed by atoms with Crippen LogP contribution in [0, 0.1) is 5.82 Å². The Morgan fingerprint density at radius 3 is 2.41 bits per heavy atom. The lowest BCUT2D eigenvalue weighted by Crippen LogP contribution is -2.46. The number of rotatable bonds is 7. The molecule has 0 spiro atoms. The first-order valence-corrected chi connectivity index (χ1v) is 11.4. The molecule has 1 aliphatic rings.